The Morgan fingerprint density at radius 2 is 1.55 bits per heavy atom. The van der Waals surface area contributed by atoms with Gasteiger partial charge in [0.25, 0.3) is 0 Å². The molecule has 9 atom stereocenters. The van der Waals surface area contributed by atoms with Gasteiger partial charge in [0.15, 0.2) is 0 Å². The maximum absolute atomic E-state index is 10.7. The summed E-state index contributed by atoms with van der Waals surface area (Å²) in [6.45, 7) is 11.6. The van der Waals surface area contributed by atoms with Gasteiger partial charge in [0, 0.05) is 0 Å². The first-order chi connectivity index (χ1) is 14.5. The summed E-state index contributed by atoms with van der Waals surface area (Å²) in [7, 11) is 0. The van der Waals surface area contributed by atoms with Crippen LogP contribution < -0.4 is 0 Å². The highest BCUT2D eigenvalue weighted by Crippen LogP contribution is 2.68. The van der Waals surface area contributed by atoms with Gasteiger partial charge >= 0.3 is 0 Å². The molecule has 0 bridgehead atoms. The van der Waals surface area contributed by atoms with Crippen LogP contribution in [-0.4, -0.2) is 21.4 Å². The third kappa shape index (κ3) is 4.51. The van der Waals surface area contributed by atoms with E-state index in [2.05, 4.69) is 34.6 Å². The van der Waals surface area contributed by atoms with E-state index >= 15 is 0 Å². The molecule has 31 heavy (non-hydrogen) atoms. The Labute approximate surface area is 193 Å². The second-order valence-corrected chi connectivity index (χ2v) is 13.7. The SMILES string of the molecule is CCCC[C@](C)(O)CCC[C@H]1CCC2C3CCC4C[C@@](C)(O)CC[C@]4(C)C3CCC21C. The predicted molar refractivity (Wildman–Crippen MR) is 130 cm³/mol. The van der Waals surface area contributed by atoms with Crippen LogP contribution >= 0.6 is 0 Å². The molecule has 0 aromatic heterocycles. The lowest BCUT2D eigenvalue weighted by molar-refractivity contribution is -0.146. The Morgan fingerprint density at radius 1 is 0.839 bits per heavy atom. The fourth-order valence-electron chi connectivity index (χ4n) is 9.43. The quantitative estimate of drug-likeness (QED) is 0.437. The number of hydrogen-bond acceptors (Lipinski definition) is 2. The summed E-state index contributed by atoms with van der Waals surface area (Å²) in [4.78, 5) is 0. The van der Waals surface area contributed by atoms with Crippen LogP contribution in [0.4, 0.5) is 0 Å². The summed E-state index contributed by atoms with van der Waals surface area (Å²) >= 11 is 0. The third-order valence-electron chi connectivity index (χ3n) is 11.5. The summed E-state index contributed by atoms with van der Waals surface area (Å²) < 4.78 is 0. The van der Waals surface area contributed by atoms with E-state index in [0.717, 1.165) is 61.7 Å². The van der Waals surface area contributed by atoms with Gasteiger partial charge in [-0.15, -0.1) is 0 Å². The molecule has 0 radical (unpaired) electrons. The highest BCUT2D eigenvalue weighted by molar-refractivity contribution is 5.10. The molecule has 0 aromatic rings. The van der Waals surface area contributed by atoms with Crippen LogP contribution in [0.2, 0.25) is 0 Å². The van der Waals surface area contributed by atoms with Crippen molar-refractivity contribution in [1.82, 2.24) is 0 Å². The van der Waals surface area contributed by atoms with E-state index in [0.29, 0.717) is 10.8 Å². The van der Waals surface area contributed by atoms with Gasteiger partial charge < -0.3 is 10.2 Å². The second-order valence-electron chi connectivity index (χ2n) is 13.7. The Morgan fingerprint density at radius 3 is 2.29 bits per heavy atom. The minimum absolute atomic E-state index is 0.420. The Balaban J connectivity index is 1.39. The van der Waals surface area contributed by atoms with Crippen molar-refractivity contribution in [2.45, 2.75) is 142 Å². The zero-order chi connectivity index (χ0) is 22.5. The minimum Gasteiger partial charge on any atom is -0.390 e. The first-order valence-electron chi connectivity index (χ1n) is 14.0. The molecule has 5 unspecified atom stereocenters. The van der Waals surface area contributed by atoms with Gasteiger partial charge in [0.1, 0.15) is 0 Å². The van der Waals surface area contributed by atoms with Gasteiger partial charge in [-0.3, -0.25) is 0 Å². The molecule has 2 N–H and O–H groups in total. The number of hydrogen-bond donors (Lipinski definition) is 2. The van der Waals surface area contributed by atoms with E-state index < -0.39 is 11.2 Å². The summed E-state index contributed by atoms with van der Waals surface area (Å²) in [5.74, 6) is 4.37. The summed E-state index contributed by atoms with van der Waals surface area (Å²) in [5, 5.41) is 21.4. The molecule has 180 valence electrons. The van der Waals surface area contributed by atoms with Gasteiger partial charge in [-0.05, 0) is 131 Å². The molecule has 0 aliphatic heterocycles. The first-order valence-corrected chi connectivity index (χ1v) is 14.0. The lowest BCUT2D eigenvalue weighted by atomic mass is 9.44. The standard InChI is InChI=1S/C29H52O2/c1-6-7-15-26(2,30)16-8-9-21-11-13-24-23-12-10-22-20-27(3,31)18-19-29(22,5)25(23)14-17-28(21,24)4/h21-25,30-31H,6-20H2,1-5H3/t21-,22?,23?,24?,25?,26-,27-,28?,29-/m0/s1. The van der Waals surface area contributed by atoms with Crippen LogP contribution in [0.5, 0.6) is 0 Å². The van der Waals surface area contributed by atoms with Crippen LogP contribution in [0.1, 0.15) is 131 Å². The number of rotatable bonds is 7. The lowest BCUT2D eigenvalue weighted by Crippen LogP contribution is -2.55. The van der Waals surface area contributed by atoms with E-state index in [1.54, 1.807) is 0 Å². The second kappa shape index (κ2) is 8.61. The van der Waals surface area contributed by atoms with Crippen molar-refractivity contribution in [1.29, 1.82) is 0 Å². The molecule has 0 saturated heterocycles. The Bertz CT molecular complexity index is 624. The van der Waals surface area contributed by atoms with Crippen LogP contribution in [0.15, 0.2) is 0 Å². The molecule has 2 nitrogen and oxygen atoms in total. The highest BCUT2D eigenvalue weighted by atomic mass is 16.3. The van der Waals surface area contributed by atoms with Gasteiger partial charge in [-0.1, -0.05) is 40.0 Å². The van der Waals surface area contributed by atoms with E-state index in [9.17, 15) is 10.2 Å². The molecule has 0 heterocycles. The maximum atomic E-state index is 10.7. The van der Waals surface area contributed by atoms with E-state index in [1.165, 1.54) is 64.2 Å². The monoisotopic (exact) mass is 432 g/mol. The largest absolute Gasteiger partial charge is 0.390 e. The Hall–Kier alpha value is -0.0800. The summed E-state index contributed by atoms with van der Waals surface area (Å²) in [6, 6.07) is 0. The number of fused-ring (bicyclic) bond motifs is 5. The highest BCUT2D eigenvalue weighted by Gasteiger charge is 2.60. The minimum atomic E-state index is -0.457. The lowest BCUT2D eigenvalue weighted by Gasteiger charge is -2.62. The van der Waals surface area contributed by atoms with Crippen LogP contribution in [0, 0.1) is 40.4 Å². The molecule has 0 spiro atoms. The molecule has 4 aliphatic rings. The zero-order valence-electron chi connectivity index (χ0n) is 21.4. The molecule has 4 rings (SSSR count). The van der Waals surface area contributed by atoms with Crippen molar-refractivity contribution < 1.29 is 10.2 Å². The molecular formula is C29H52O2. The average Bonchev–Trinajstić information content (AvgIpc) is 3.03. The first kappa shape index (κ1) is 24.1. The fraction of sp³-hybridized carbons (Fsp3) is 1.00. The third-order valence-corrected chi connectivity index (χ3v) is 11.5. The van der Waals surface area contributed by atoms with Crippen molar-refractivity contribution in [2.24, 2.45) is 40.4 Å². The smallest absolute Gasteiger partial charge is 0.0622 e. The molecule has 4 aliphatic carbocycles. The van der Waals surface area contributed by atoms with E-state index in [4.69, 9.17) is 0 Å². The van der Waals surface area contributed by atoms with Gasteiger partial charge in [-0.25, -0.2) is 0 Å². The topological polar surface area (TPSA) is 40.5 Å². The average molecular weight is 433 g/mol. The van der Waals surface area contributed by atoms with Crippen LogP contribution in [0.25, 0.3) is 0 Å². The van der Waals surface area contributed by atoms with E-state index in [1.807, 2.05) is 0 Å². The molecule has 0 amide bonds. The van der Waals surface area contributed by atoms with Crippen molar-refractivity contribution in [3.63, 3.8) is 0 Å². The van der Waals surface area contributed by atoms with Crippen LogP contribution in [0.3, 0.4) is 0 Å². The molecule has 0 aromatic carbocycles. The number of aliphatic hydroxyl groups is 2. The maximum Gasteiger partial charge on any atom is 0.0622 e. The zero-order valence-corrected chi connectivity index (χ0v) is 21.4. The molecule has 2 heteroatoms. The van der Waals surface area contributed by atoms with Crippen molar-refractivity contribution in [3.05, 3.63) is 0 Å². The molecule has 4 fully saturated rings. The van der Waals surface area contributed by atoms with Gasteiger partial charge in [-0.2, -0.15) is 0 Å². The number of unbranched alkanes of at least 4 members (excludes halogenated alkanes) is 1. The predicted octanol–water partition coefficient (Wildman–Crippen LogP) is 7.51. The van der Waals surface area contributed by atoms with E-state index in [-0.39, 0.29) is 0 Å². The summed E-state index contributed by atoms with van der Waals surface area (Å²) in [6.07, 6.45) is 18.6. The van der Waals surface area contributed by atoms with Crippen molar-refractivity contribution >= 4 is 0 Å². The normalized spacial score (nSPS) is 49.1. The molecular weight excluding hydrogens is 380 g/mol. The van der Waals surface area contributed by atoms with Crippen LogP contribution in [-0.2, 0) is 0 Å². The van der Waals surface area contributed by atoms with Crippen molar-refractivity contribution in [3.8, 4) is 0 Å². The van der Waals surface area contributed by atoms with Crippen molar-refractivity contribution in [2.75, 3.05) is 0 Å². The van der Waals surface area contributed by atoms with Gasteiger partial charge in [0.05, 0.1) is 11.2 Å². The molecule has 4 saturated carbocycles. The fourth-order valence-corrected chi connectivity index (χ4v) is 9.43. The van der Waals surface area contributed by atoms with Gasteiger partial charge in [0.2, 0.25) is 0 Å². The Kier molecular flexibility index (Phi) is 6.68. The summed E-state index contributed by atoms with van der Waals surface area (Å²) in [5.41, 5.74) is 0.140.